The summed E-state index contributed by atoms with van der Waals surface area (Å²) in [6.45, 7) is 5.29. The van der Waals surface area contributed by atoms with Crippen LogP contribution in [-0.4, -0.2) is 30.2 Å². The molecule has 5 nitrogen and oxygen atoms in total. The van der Waals surface area contributed by atoms with Crippen molar-refractivity contribution in [3.63, 3.8) is 0 Å². The first-order valence-electron chi connectivity index (χ1n) is 7.35. The number of carbonyl (C=O) groups is 2. The quantitative estimate of drug-likeness (QED) is 0.496. The van der Waals surface area contributed by atoms with Crippen LogP contribution in [0.1, 0.15) is 52.4 Å². The summed E-state index contributed by atoms with van der Waals surface area (Å²) >= 11 is 0. The van der Waals surface area contributed by atoms with Gasteiger partial charge in [-0.2, -0.15) is 0 Å². The Morgan fingerprint density at radius 2 is 2.05 bits per heavy atom. The Kier molecular flexibility index (Phi) is 6.55. The molecule has 0 spiro atoms. The molecule has 1 rings (SSSR count). The highest BCUT2D eigenvalue weighted by Crippen LogP contribution is 2.33. The van der Waals surface area contributed by atoms with Crippen molar-refractivity contribution >= 4 is 12.0 Å². The third-order valence-electron chi connectivity index (χ3n) is 3.70. The fourth-order valence-corrected chi connectivity index (χ4v) is 2.37. The third kappa shape index (κ3) is 6.08. The molecule has 0 fully saturated rings. The number of amides is 2. The molecule has 0 aromatic rings. The van der Waals surface area contributed by atoms with Crippen molar-refractivity contribution < 1.29 is 14.7 Å². The minimum Gasteiger partial charge on any atom is -0.481 e. The predicted molar refractivity (Wildman–Crippen MR) is 78.6 cm³/mol. The van der Waals surface area contributed by atoms with Crippen molar-refractivity contribution in [2.75, 3.05) is 13.1 Å². The average Bonchev–Trinajstić information content (AvgIpc) is 2.42. The van der Waals surface area contributed by atoms with E-state index in [0.29, 0.717) is 19.5 Å². The average molecular weight is 282 g/mol. The van der Waals surface area contributed by atoms with Gasteiger partial charge >= 0.3 is 12.0 Å². The van der Waals surface area contributed by atoms with E-state index >= 15 is 0 Å². The number of aliphatic carboxylic acids is 1. The molecule has 0 aliphatic heterocycles. The van der Waals surface area contributed by atoms with Crippen molar-refractivity contribution in [2.45, 2.75) is 52.4 Å². The van der Waals surface area contributed by atoms with Gasteiger partial charge in [-0.3, -0.25) is 4.79 Å². The van der Waals surface area contributed by atoms with E-state index < -0.39 is 5.97 Å². The largest absolute Gasteiger partial charge is 0.481 e. The summed E-state index contributed by atoms with van der Waals surface area (Å²) in [4.78, 5) is 22.0. The number of nitrogens with one attached hydrogen (secondary N) is 2. The highest BCUT2D eigenvalue weighted by molar-refractivity contribution is 5.74. The van der Waals surface area contributed by atoms with E-state index in [0.717, 1.165) is 12.8 Å². The van der Waals surface area contributed by atoms with E-state index in [1.165, 1.54) is 18.4 Å². The molecule has 0 saturated carbocycles. The number of carboxylic acids is 1. The van der Waals surface area contributed by atoms with Gasteiger partial charge in [0.15, 0.2) is 0 Å². The molecule has 20 heavy (non-hydrogen) atoms. The lowest BCUT2D eigenvalue weighted by Gasteiger charge is -2.30. The van der Waals surface area contributed by atoms with Crippen molar-refractivity contribution in [3.8, 4) is 0 Å². The molecule has 0 heterocycles. The molecule has 0 unspecified atom stereocenters. The van der Waals surface area contributed by atoms with Crippen molar-refractivity contribution in [2.24, 2.45) is 5.41 Å². The molecule has 0 aromatic heterocycles. The minimum absolute atomic E-state index is 0.0151. The lowest BCUT2D eigenvalue weighted by atomic mass is 9.78. The molecule has 1 aliphatic rings. The molecular formula is C15H26N2O3. The van der Waals surface area contributed by atoms with Gasteiger partial charge in [0.05, 0.1) is 0 Å². The smallest absolute Gasteiger partial charge is 0.314 e. The first-order chi connectivity index (χ1) is 9.42. The normalized spacial score (nSPS) is 15.4. The zero-order chi connectivity index (χ0) is 15.0. The minimum atomic E-state index is -0.836. The number of hydrogen-bond acceptors (Lipinski definition) is 2. The van der Waals surface area contributed by atoms with Crippen LogP contribution in [0.25, 0.3) is 0 Å². The molecule has 0 radical (unpaired) electrons. The standard InChI is InChI=1S/C15H26N2O3/c1-15(2,12-7-4-3-5-8-12)11-17-14(20)16-10-6-9-13(18)19/h7H,3-6,8-11H2,1-2H3,(H,18,19)(H2,16,17,20). The van der Waals surface area contributed by atoms with Gasteiger partial charge in [-0.25, -0.2) is 4.79 Å². The Morgan fingerprint density at radius 3 is 2.65 bits per heavy atom. The first kappa shape index (κ1) is 16.5. The van der Waals surface area contributed by atoms with Crippen LogP contribution < -0.4 is 10.6 Å². The number of rotatable bonds is 7. The van der Waals surface area contributed by atoms with Gasteiger partial charge in [-0.15, -0.1) is 0 Å². The molecular weight excluding hydrogens is 256 g/mol. The van der Waals surface area contributed by atoms with Gasteiger partial charge < -0.3 is 15.7 Å². The van der Waals surface area contributed by atoms with Crippen LogP contribution in [0.4, 0.5) is 4.79 Å². The Labute approximate surface area is 120 Å². The van der Waals surface area contributed by atoms with Gasteiger partial charge in [0, 0.05) is 24.9 Å². The summed E-state index contributed by atoms with van der Waals surface area (Å²) in [5.41, 5.74) is 1.41. The molecule has 5 heteroatoms. The molecule has 0 atom stereocenters. The zero-order valence-electron chi connectivity index (χ0n) is 12.5. The van der Waals surface area contributed by atoms with Crippen LogP contribution in [0, 0.1) is 5.41 Å². The molecule has 0 aromatic carbocycles. The molecule has 114 valence electrons. The lowest BCUT2D eigenvalue weighted by Crippen LogP contribution is -2.41. The van der Waals surface area contributed by atoms with Gasteiger partial charge in [0.2, 0.25) is 0 Å². The maximum atomic E-state index is 11.6. The fraction of sp³-hybridized carbons (Fsp3) is 0.733. The van der Waals surface area contributed by atoms with Crippen LogP contribution >= 0.6 is 0 Å². The maximum absolute atomic E-state index is 11.6. The number of urea groups is 1. The van der Waals surface area contributed by atoms with E-state index in [1.54, 1.807) is 0 Å². The van der Waals surface area contributed by atoms with Crippen LogP contribution in [-0.2, 0) is 4.79 Å². The first-order valence-corrected chi connectivity index (χ1v) is 7.35. The van der Waals surface area contributed by atoms with Crippen LogP contribution in [0.5, 0.6) is 0 Å². The van der Waals surface area contributed by atoms with Crippen LogP contribution in [0.15, 0.2) is 11.6 Å². The molecule has 0 saturated heterocycles. The Hall–Kier alpha value is -1.52. The number of hydrogen-bond donors (Lipinski definition) is 3. The van der Waals surface area contributed by atoms with Crippen molar-refractivity contribution in [1.29, 1.82) is 0 Å². The highest BCUT2D eigenvalue weighted by atomic mass is 16.4. The topological polar surface area (TPSA) is 78.4 Å². The van der Waals surface area contributed by atoms with Gasteiger partial charge in [0.1, 0.15) is 0 Å². The van der Waals surface area contributed by atoms with E-state index in [-0.39, 0.29) is 17.9 Å². The Bertz CT molecular complexity index is 375. The maximum Gasteiger partial charge on any atom is 0.314 e. The van der Waals surface area contributed by atoms with E-state index in [2.05, 4.69) is 30.6 Å². The van der Waals surface area contributed by atoms with Crippen LogP contribution in [0.3, 0.4) is 0 Å². The molecule has 2 amide bonds. The summed E-state index contributed by atoms with van der Waals surface area (Å²) in [5.74, 6) is -0.836. The molecule has 0 bridgehead atoms. The molecule has 3 N–H and O–H groups in total. The van der Waals surface area contributed by atoms with Gasteiger partial charge in [-0.05, 0) is 32.1 Å². The summed E-state index contributed by atoms with van der Waals surface area (Å²) < 4.78 is 0. The lowest BCUT2D eigenvalue weighted by molar-refractivity contribution is -0.137. The Balaban J connectivity index is 2.25. The van der Waals surface area contributed by atoms with E-state index in [9.17, 15) is 9.59 Å². The third-order valence-corrected chi connectivity index (χ3v) is 3.70. The summed E-state index contributed by atoms with van der Waals surface area (Å²) in [6.07, 6.45) is 7.59. The van der Waals surface area contributed by atoms with Crippen molar-refractivity contribution in [3.05, 3.63) is 11.6 Å². The predicted octanol–water partition coefficient (Wildman–Crippen LogP) is 2.68. The number of carbonyl (C=O) groups excluding carboxylic acids is 1. The second kappa shape index (κ2) is 7.92. The fourth-order valence-electron chi connectivity index (χ4n) is 2.37. The summed E-state index contributed by atoms with van der Waals surface area (Å²) in [6, 6.07) is -0.222. The van der Waals surface area contributed by atoms with Crippen LogP contribution in [0.2, 0.25) is 0 Å². The number of carboxylic acid groups (broad SMARTS) is 1. The molecule has 1 aliphatic carbocycles. The Morgan fingerprint density at radius 1 is 1.30 bits per heavy atom. The monoisotopic (exact) mass is 282 g/mol. The number of allylic oxidation sites excluding steroid dienone is 1. The van der Waals surface area contributed by atoms with Gasteiger partial charge in [-0.1, -0.05) is 25.5 Å². The second-order valence-corrected chi connectivity index (χ2v) is 5.97. The van der Waals surface area contributed by atoms with E-state index in [4.69, 9.17) is 5.11 Å². The second-order valence-electron chi connectivity index (χ2n) is 5.97. The summed E-state index contributed by atoms with van der Waals surface area (Å²) in [7, 11) is 0. The van der Waals surface area contributed by atoms with E-state index in [1.807, 2.05) is 0 Å². The highest BCUT2D eigenvalue weighted by Gasteiger charge is 2.24. The zero-order valence-corrected chi connectivity index (χ0v) is 12.5. The van der Waals surface area contributed by atoms with Gasteiger partial charge in [0.25, 0.3) is 0 Å². The summed E-state index contributed by atoms with van der Waals surface area (Å²) in [5, 5.41) is 14.0. The SMILES string of the molecule is CC(C)(CNC(=O)NCCCC(=O)O)C1=CCCCC1. The van der Waals surface area contributed by atoms with Crippen molar-refractivity contribution in [1.82, 2.24) is 10.6 Å².